The Kier molecular flexibility index (Phi) is 5.75. The number of benzene rings is 1. The Morgan fingerprint density at radius 3 is 2.68 bits per heavy atom. The van der Waals surface area contributed by atoms with Gasteiger partial charge >= 0.3 is 0 Å². The first-order chi connectivity index (χ1) is 17.7. The van der Waals surface area contributed by atoms with Crippen molar-refractivity contribution in [3.63, 3.8) is 0 Å². The molecule has 0 radical (unpaired) electrons. The molecule has 0 amide bonds. The molecule has 3 N–H and O–H groups in total. The second-order valence-corrected chi connectivity index (χ2v) is 11.3. The van der Waals surface area contributed by atoms with Crippen molar-refractivity contribution in [1.29, 1.82) is 0 Å². The van der Waals surface area contributed by atoms with Crippen LogP contribution in [0.3, 0.4) is 0 Å². The minimum absolute atomic E-state index is 0.00200. The van der Waals surface area contributed by atoms with Crippen LogP contribution in [-0.4, -0.2) is 60.5 Å². The summed E-state index contributed by atoms with van der Waals surface area (Å²) in [7, 11) is 0. The highest BCUT2D eigenvalue weighted by Crippen LogP contribution is 2.43. The second kappa shape index (κ2) is 8.88. The fraction of sp³-hybridized carbons (Fsp3) is 0.346. The Labute approximate surface area is 217 Å². The van der Waals surface area contributed by atoms with Crippen molar-refractivity contribution >= 4 is 33.9 Å². The molecule has 2 aliphatic rings. The summed E-state index contributed by atoms with van der Waals surface area (Å²) in [5.74, 6) is 1.41. The normalized spacial score (nSPS) is 20.3. The molecule has 1 unspecified atom stereocenters. The van der Waals surface area contributed by atoms with Crippen molar-refractivity contribution in [2.45, 2.75) is 43.4 Å². The Balaban J connectivity index is 1.55. The quantitative estimate of drug-likeness (QED) is 0.390. The summed E-state index contributed by atoms with van der Waals surface area (Å²) >= 11 is -1.50. The number of anilines is 2. The summed E-state index contributed by atoms with van der Waals surface area (Å²) in [6.45, 7) is 6.91. The lowest BCUT2D eigenvalue weighted by Crippen LogP contribution is -2.56. The third-order valence-corrected chi connectivity index (χ3v) is 8.01. The monoisotopic (exact) mass is 520 g/mol. The van der Waals surface area contributed by atoms with E-state index in [1.165, 1.54) is 6.20 Å². The number of hydrogen-bond donors (Lipinski definition) is 2. The van der Waals surface area contributed by atoms with Crippen molar-refractivity contribution < 1.29 is 19.1 Å². The highest BCUT2D eigenvalue weighted by Gasteiger charge is 2.40. The van der Waals surface area contributed by atoms with Gasteiger partial charge in [-0.2, -0.15) is 0 Å². The van der Waals surface area contributed by atoms with E-state index in [1.54, 1.807) is 24.0 Å². The molecule has 1 saturated heterocycles. The number of nitrogen functional groups attached to an aromatic ring is 1. The zero-order chi connectivity index (χ0) is 25.9. The van der Waals surface area contributed by atoms with Crippen molar-refractivity contribution in [2.75, 3.05) is 30.5 Å². The highest BCUT2D eigenvalue weighted by atomic mass is 32.2. The fourth-order valence-electron chi connectivity index (χ4n) is 4.97. The maximum absolute atomic E-state index is 13.3. The van der Waals surface area contributed by atoms with E-state index in [1.807, 2.05) is 36.4 Å². The smallest absolute Gasteiger partial charge is 0.187 e. The average molecular weight is 521 g/mol. The number of aromatic nitrogens is 4. The average Bonchev–Trinajstić information content (AvgIpc) is 3.31. The van der Waals surface area contributed by atoms with Crippen molar-refractivity contribution in [1.82, 2.24) is 18.9 Å². The van der Waals surface area contributed by atoms with Crippen LogP contribution in [0.1, 0.15) is 26.5 Å². The van der Waals surface area contributed by atoms with Crippen LogP contribution in [0.2, 0.25) is 0 Å². The maximum atomic E-state index is 13.3. The van der Waals surface area contributed by atoms with Gasteiger partial charge in [0.05, 0.1) is 48.9 Å². The third kappa shape index (κ3) is 3.98. The van der Waals surface area contributed by atoms with Crippen LogP contribution in [0.25, 0.3) is 22.4 Å². The lowest BCUT2D eigenvalue weighted by atomic mass is 10.0. The van der Waals surface area contributed by atoms with Gasteiger partial charge in [-0.15, -0.1) is 3.97 Å². The minimum atomic E-state index is -1.50. The molecule has 0 aliphatic carbocycles. The van der Waals surface area contributed by atoms with Gasteiger partial charge in [-0.05, 0) is 39.0 Å². The predicted molar refractivity (Wildman–Crippen MR) is 141 cm³/mol. The molecule has 1 fully saturated rings. The summed E-state index contributed by atoms with van der Waals surface area (Å²) in [6, 6.07) is 11.1. The van der Waals surface area contributed by atoms with Crippen molar-refractivity contribution in [2.24, 2.45) is 0 Å². The van der Waals surface area contributed by atoms with Crippen LogP contribution in [0.15, 0.2) is 53.7 Å². The first kappa shape index (κ1) is 24.0. The number of fused-ring (bicyclic) bond motifs is 4. The lowest BCUT2D eigenvalue weighted by molar-refractivity contribution is 0.0425. The van der Waals surface area contributed by atoms with Crippen LogP contribution >= 0.6 is 0 Å². The van der Waals surface area contributed by atoms with Crippen LogP contribution in [-0.2, 0) is 21.7 Å². The number of hydrogen-bond acceptors (Lipinski definition) is 9. The topological polar surface area (TPSA) is 135 Å². The Morgan fingerprint density at radius 2 is 1.92 bits per heavy atom. The third-order valence-electron chi connectivity index (χ3n) is 6.69. The highest BCUT2D eigenvalue weighted by molar-refractivity contribution is 7.90. The number of morpholine rings is 1. The van der Waals surface area contributed by atoms with Crippen LogP contribution in [0.4, 0.5) is 11.5 Å². The molecule has 5 heterocycles. The van der Waals surface area contributed by atoms with Crippen LogP contribution in [0, 0.1) is 0 Å². The molecule has 2 aliphatic heterocycles. The number of nitrogens with zero attached hydrogens (tertiary/aromatic N) is 5. The SMILES string of the molecule is C[C@@H]1COC[C@H]2COc3c(nc(-c4c(N)cnc5c4ccn5[S+]([O-])c4ccccc4)nc3C(C)(C)O)N21. The zero-order valence-electron chi connectivity index (χ0n) is 20.8. The Bertz CT molecular complexity index is 1470. The van der Waals surface area contributed by atoms with E-state index in [0.717, 1.165) is 0 Å². The summed E-state index contributed by atoms with van der Waals surface area (Å²) < 4.78 is 26.8. The maximum Gasteiger partial charge on any atom is 0.187 e. The molecule has 0 bridgehead atoms. The molecular weight excluding hydrogens is 492 g/mol. The lowest BCUT2D eigenvalue weighted by Gasteiger charge is -2.45. The zero-order valence-corrected chi connectivity index (χ0v) is 21.6. The van der Waals surface area contributed by atoms with E-state index in [9.17, 15) is 9.66 Å². The summed E-state index contributed by atoms with van der Waals surface area (Å²) in [4.78, 5) is 17.1. The molecule has 0 spiro atoms. The molecule has 3 aromatic heterocycles. The predicted octanol–water partition coefficient (Wildman–Crippen LogP) is 2.86. The summed E-state index contributed by atoms with van der Waals surface area (Å²) in [5.41, 5.74) is 6.96. The molecular formula is C26H28N6O4S. The molecule has 4 aromatic rings. The van der Waals surface area contributed by atoms with E-state index in [4.69, 9.17) is 25.2 Å². The van der Waals surface area contributed by atoms with Crippen LogP contribution in [0.5, 0.6) is 5.75 Å². The fourth-order valence-corrected chi connectivity index (χ4v) is 6.06. The molecule has 192 valence electrons. The number of ether oxygens (including phenoxy) is 2. The van der Waals surface area contributed by atoms with E-state index < -0.39 is 17.0 Å². The molecule has 0 saturated carbocycles. The Hall–Kier alpha value is -3.38. The largest absolute Gasteiger partial charge is 0.587 e. The van der Waals surface area contributed by atoms with Gasteiger partial charge in [0.2, 0.25) is 0 Å². The van der Waals surface area contributed by atoms with E-state index in [2.05, 4.69) is 16.8 Å². The number of rotatable bonds is 4. The van der Waals surface area contributed by atoms with Gasteiger partial charge < -0.3 is 29.8 Å². The number of pyridine rings is 1. The standard InChI is InChI=1S/C26H28N6O4S/c1-15-12-35-13-16-14-36-21-22(26(2,3)33)29-23(30-25(21)32(15)16)20-18-9-10-31(24(18)28-11-19(20)27)37(34)17-7-5-4-6-8-17/h4-11,15-16,33H,12-14,27H2,1-3H3/t15-,16+,37?/m1/s1. The first-order valence-corrected chi connectivity index (χ1v) is 13.2. The van der Waals surface area contributed by atoms with E-state index in [0.29, 0.717) is 70.1 Å². The van der Waals surface area contributed by atoms with Gasteiger partial charge in [0, 0.05) is 5.39 Å². The first-order valence-electron chi connectivity index (χ1n) is 12.1. The Morgan fingerprint density at radius 1 is 1.14 bits per heavy atom. The van der Waals surface area contributed by atoms with Crippen molar-refractivity contribution in [3.05, 3.63) is 54.5 Å². The second-order valence-electron chi connectivity index (χ2n) is 9.90. The summed E-state index contributed by atoms with van der Waals surface area (Å²) in [6.07, 6.45) is 3.25. The van der Waals surface area contributed by atoms with Gasteiger partial charge in [0.15, 0.2) is 27.9 Å². The molecule has 10 nitrogen and oxygen atoms in total. The van der Waals surface area contributed by atoms with Crippen LogP contribution < -0.4 is 15.4 Å². The van der Waals surface area contributed by atoms with Gasteiger partial charge in [0.1, 0.15) is 29.3 Å². The van der Waals surface area contributed by atoms with E-state index >= 15 is 0 Å². The molecule has 3 atom stereocenters. The molecule has 1 aromatic carbocycles. The molecule has 11 heteroatoms. The van der Waals surface area contributed by atoms with Gasteiger partial charge in [-0.1, -0.05) is 18.2 Å². The summed E-state index contributed by atoms with van der Waals surface area (Å²) in [5, 5.41) is 11.7. The molecule has 37 heavy (non-hydrogen) atoms. The van der Waals surface area contributed by atoms with E-state index in [-0.39, 0.29) is 12.1 Å². The van der Waals surface area contributed by atoms with Gasteiger partial charge in [-0.25, -0.2) is 15.0 Å². The van der Waals surface area contributed by atoms with Crippen molar-refractivity contribution in [3.8, 4) is 17.1 Å². The number of aliphatic hydroxyl groups is 1. The minimum Gasteiger partial charge on any atom is -0.587 e. The van der Waals surface area contributed by atoms with Gasteiger partial charge in [0.25, 0.3) is 0 Å². The van der Waals surface area contributed by atoms with Gasteiger partial charge in [-0.3, -0.25) is 0 Å². The number of nitrogens with two attached hydrogens (primary N) is 1. The molecule has 6 rings (SSSR count).